The quantitative estimate of drug-likeness (QED) is 0.731. The van der Waals surface area contributed by atoms with Gasteiger partial charge in [-0.25, -0.2) is 4.98 Å². The first-order valence-electron chi connectivity index (χ1n) is 6.44. The zero-order valence-corrected chi connectivity index (χ0v) is 13.0. The van der Waals surface area contributed by atoms with Crippen molar-refractivity contribution in [3.63, 3.8) is 0 Å². The van der Waals surface area contributed by atoms with Crippen LogP contribution in [0.25, 0.3) is 0 Å². The van der Waals surface area contributed by atoms with E-state index in [9.17, 15) is 9.59 Å². The maximum Gasteiger partial charge on any atom is 0.271 e. The zero-order chi connectivity index (χ0) is 15.4. The molecule has 3 aromatic heterocycles. The second-order valence-corrected chi connectivity index (χ2v) is 6.33. The number of nitrogens with one attached hydrogen (secondary N) is 1. The third-order valence-corrected chi connectivity index (χ3v) is 4.66. The van der Waals surface area contributed by atoms with Crippen molar-refractivity contribution in [2.75, 3.05) is 0 Å². The van der Waals surface area contributed by atoms with Gasteiger partial charge in [-0.3, -0.25) is 14.6 Å². The number of carbonyl (C=O) groups is 2. The molecule has 0 bridgehead atoms. The molecule has 7 heteroatoms. The van der Waals surface area contributed by atoms with Crippen molar-refractivity contribution in [3.8, 4) is 0 Å². The summed E-state index contributed by atoms with van der Waals surface area (Å²) in [6.45, 7) is 0.358. The molecule has 3 heterocycles. The molecule has 0 unspecified atom stereocenters. The fraction of sp³-hybridized carbons (Fsp3) is 0.0667. The molecule has 0 atom stereocenters. The average molecular weight is 329 g/mol. The standard InChI is InChI=1S/C15H11N3O2S2/c19-14(10-3-6-21-9-10)13-2-1-11(22-13)7-18-15(20)12-8-16-4-5-17-12/h1-6,8-9H,7H2,(H,18,20). The van der Waals surface area contributed by atoms with Crippen LogP contribution in [0, 0.1) is 0 Å². The first-order chi connectivity index (χ1) is 10.7. The van der Waals surface area contributed by atoms with Crippen LogP contribution >= 0.6 is 22.7 Å². The van der Waals surface area contributed by atoms with Crippen molar-refractivity contribution in [2.45, 2.75) is 6.54 Å². The van der Waals surface area contributed by atoms with E-state index in [-0.39, 0.29) is 17.4 Å². The summed E-state index contributed by atoms with van der Waals surface area (Å²) < 4.78 is 0. The Balaban J connectivity index is 1.63. The lowest BCUT2D eigenvalue weighted by Gasteiger charge is -2.01. The van der Waals surface area contributed by atoms with E-state index in [1.54, 1.807) is 6.07 Å². The molecule has 3 aromatic rings. The number of nitrogens with zero attached hydrogens (tertiary/aromatic N) is 2. The zero-order valence-electron chi connectivity index (χ0n) is 11.4. The Morgan fingerprint density at radius 1 is 1.18 bits per heavy atom. The predicted octanol–water partition coefficient (Wildman–Crippen LogP) is 2.76. The van der Waals surface area contributed by atoms with Crippen molar-refractivity contribution >= 4 is 34.4 Å². The SMILES string of the molecule is O=C(NCc1ccc(C(=O)c2ccsc2)s1)c1cnccn1. The van der Waals surface area contributed by atoms with Gasteiger partial charge in [0.2, 0.25) is 5.78 Å². The lowest BCUT2D eigenvalue weighted by molar-refractivity contribution is 0.0945. The van der Waals surface area contributed by atoms with Crippen LogP contribution in [0.4, 0.5) is 0 Å². The van der Waals surface area contributed by atoms with Crippen molar-refractivity contribution in [3.05, 3.63) is 68.6 Å². The highest BCUT2D eigenvalue weighted by Crippen LogP contribution is 2.21. The van der Waals surface area contributed by atoms with Crippen molar-refractivity contribution in [1.29, 1.82) is 0 Å². The fourth-order valence-electron chi connectivity index (χ4n) is 1.81. The molecule has 0 fully saturated rings. The summed E-state index contributed by atoms with van der Waals surface area (Å²) in [4.78, 5) is 33.4. The van der Waals surface area contributed by atoms with E-state index in [2.05, 4.69) is 15.3 Å². The van der Waals surface area contributed by atoms with Crippen LogP contribution in [0.2, 0.25) is 0 Å². The van der Waals surface area contributed by atoms with Crippen LogP contribution in [0.1, 0.15) is 30.6 Å². The van der Waals surface area contributed by atoms with Crippen LogP contribution in [0.15, 0.2) is 47.5 Å². The van der Waals surface area contributed by atoms with Gasteiger partial charge < -0.3 is 5.32 Å². The van der Waals surface area contributed by atoms with E-state index in [0.717, 1.165) is 4.88 Å². The first kappa shape index (κ1) is 14.6. The number of amides is 1. The maximum atomic E-state index is 12.2. The number of thiophene rings is 2. The summed E-state index contributed by atoms with van der Waals surface area (Å²) >= 11 is 2.88. The molecule has 110 valence electrons. The highest BCUT2D eigenvalue weighted by atomic mass is 32.1. The minimum Gasteiger partial charge on any atom is -0.346 e. The van der Waals surface area contributed by atoms with Crippen LogP contribution < -0.4 is 5.32 Å². The summed E-state index contributed by atoms with van der Waals surface area (Å²) in [6.07, 6.45) is 4.39. The van der Waals surface area contributed by atoms with Crippen LogP contribution in [0.5, 0.6) is 0 Å². The Morgan fingerprint density at radius 2 is 2.09 bits per heavy atom. The van der Waals surface area contributed by atoms with E-state index >= 15 is 0 Å². The van der Waals surface area contributed by atoms with Gasteiger partial charge in [-0.15, -0.1) is 11.3 Å². The van der Waals surface area contributed by atoms with Crippen LogP contribution in [-0.4, -0.2) is 21.7 Å². The lowest BCUT2D eigenvalue weighted by Crippen LogP contribution is -2.23. The molecule has 5 nitrogen and oxygen atoms in total. The molecule has 3 rings (SSSR count). The molecule has 1 N–H and O–H groups in total. The Kier molecular flexibility index (Phi) is 4.36. The van der Waals surface area contributed by atoms with Gasteiger partial charge in [-0.2, -0.15) is 11.3 Å². The molecule has 1 amide bonds. The van der Waals surface area contributed by atoms with Gasteiger partial charge in [0, 0.05) is 28.2 Å². The predicted molar refractivity (Wildman–Crippen MR) is 85.3 cm³/mol. The number of ketones is 1. The third-order valence-electron chi connectivity index (χ3n) is 2.89. The summed E-state index contributed by atoms with van der Waals surface area (Å²) in [7, 11) is 0. The average Bonchev–Trinajstić information content (AvgIpc) is 3.24. The summed E-state index contributed by atoms with van der Waals surface area (Å²) in [5, 5.41) is 6.47. The molecule has 0 spiro atoms. The minimum atomic E-state index is -0.285. The molecule has 0 aliphatic carbocycles. The van der Waals surface area contributed by atoms with Crippen molar-refractivity contribution in [1.82, 2.24) is 15.3 Å². The second kappa shape index (κ2) is 6.59. The Bertz CT molecular complexity index is 782. The molecular weight excluding hydrogens is 318 g/mol. The van der Waals surface area contributed by atoms with Crippen LogP contribution in [-0.2, 0) is 6.54 Å². The normalized spacial score (nSPS) is 10.4. The largest absolute Gasteiger partial charge is 0.346 e. The van der Waals surface area contributed by atoms with Gasteiger partial charge in [0.25, 0.3) is 5.91 Å². The van der Waals surface area contributed by atoms with Gasteiger partial charge >= 0.3 is 0 Å². The highest BCUT2D eigenvalue weighted by Gasteiger charge is 2.13. The van der Waals surface area contributed by atoms with E-state index in [0.29, 0.717) is 17.0 Å². The molecule has 0 radical (unpaired) electrons. The maximum absolute atomic E-state index is 12.2. The summed E-state index contributed by atoms with van der Waals surface area (Å²) in [5.74, 6) is -0.273. The minimum absolute atomic E-state index is 0.0118. The van der Waals surface area contributed by atoms with E-state index in [1.165, 1.54) is 41.3 Å². The first-order valence-corrected chi connectivity index (χ1v) is 8.20. The van der Waals surface area contributed by atoms with Gasteiger partial charge in [0.15, 0.2) is 0 Å². The monoisotopic (exact) mass is 329 g/mol. The molecule has 0 saturated heterocycles. The summed E-state index contributed by atoms with van der Waals surface area (Å²) in [5.41, 5.74) is 0.968. The number of rotatable bonds is 5. The van der Waals surface area contributed by atoms with Crippen molar-refractivity contribution < 1.29 is 9.59 Å². The smallest absolute Gasteiger partial charge is 0.271 e. The Hall–Kier alpha value is -2.38. The van der Waals surface area contributed by atoms with Gasteiger partial charge in [-0.05, 0) is 23.6 Å². The topological polar surface area (TPSA) is 72.0 Å². The van der Waals surface area contributed by atoms with Gasteiger partial charge in [-0.1, -0.05) is 0 Å². The van der Waals surface area contributed by atoms with Crippen LogP contribution in [0.3, 0.4) is 0 Å². The fourth-order valence-corrected chi connectivity index (χ4v) is 3.35. The molecular formula is C15H11N3O2S2. The molecule has 0 saturated carbocycles. The van der Waals surface area contributed by atoms with Gasteiger partial charge in [0.05, 0.1) is 17.6 Å². The molecule has 0 aliphatic heterocycles. The number of aromatic nitrogens is 2. The van der Waals surface area contributed by atoms with E-state index in [4.69, 9.17) is 0 Å². The number of carbonyl (C=O) groups excluding carboxylic acids is 2. The molecule has 22 heavy (non-hydrogen) atoms. The molecule has 0 aromatic carbocycles. The Labute approximate surface area is 134 Å². The Morgan fingerprint density at radius 3 is 2.82 bits per heavy atom. The van der Waals surface area contributed by atoms with Gasteiger partial charge in [0.1, 0.15) is 5.69 Å². The third kappa shape index (κ3) is 3.26. The summed E-state index contributed by atoms with van der Waals surface area (Å²) in [6, 6.07) is 5.44. The number of hydrogen-bond donors (Lipinski definition) is 1. The van der Waals surface area contributed by atoms with Crippen molar-refractivity contribution in [2.24, 2.45) is 0 Å². The van der Waals surface area contributed by atoms with E-state index in [1.807, 2.05) is 22.9 Å². The van der Waals surface area contributed by atoms with E-state index < -0.39 is 0 Å². The highest BCUT2D eigenvalue weighted by molar-refractivity contribution is 7.14. The number of hydrogen-bond acceptors (Lipinski definition) is 6. The second-order valence-electron chi connectivity index (χ2n) is 4.38. The molecule has 0 aliphatic rings. The lowest BCUT2D eigenvalue weighted by atomic mass is 10.2.